The zero-order valence-corrected chi connectivity index (χ0v) is 15.5. The van der Waals surface area contributed by atoms with Crippen molar-refractivity contribution in [2.45, 2.75) is 0 Å². The Morgan fingerprint density at radius 1 is 1.22 bits per heavy atom. The molecule has 1 amide bonds. The third-order valence-electron chi connectivity index (χ3n) is 4.40. The number of benzene rings is 1. The van der Waals surface area contributed by atoms with Gasteiger partial charge in [0.2, 0.25) is 0 Å². The molecule has 0 atom stereocenters. The van der Waals surface area contributed by atoms with Gasteiger partial charge in [-0.15, -0.1) is 0 Å². The van der Waals surface area contributed by atoms with Crippen LogP contribution in [0.15, 0.2) is 36.5 Å². The maximum absolute atomic E-state index is 12.5. The van der Waals surface area contributed by atoms with Gasteiger partial charge >= 0.3 is 0 Å². The van der Waals surface area contributed by atoms with Crippen molar-refractivity contribution in [1.29, 1.82) is 5.26 Å². The van der Waals surface area contributed by atoms with E-state index in [2.05, 4.69) is 16.0 Å². The van der Waals surface area contributed by atoms with E-state index < -0.39 is 0 Å². The highest BCUT2D eigenvalue weighted by Gasteiger charge is 2.17. The van der Waals surface area contributed by atoms with Crippen LogP contribution in [0.4, 0.5) is 0 Å². The maximum atomic E-state index is 12.5. The summed E-state index contributed by atoms with van der Waals surface area (Å²) in [4.78, 5) is 23.4. The zero-order chi connectivity index (χ0) is 19.6. The summed E-state index contributed by atoms with van der Waals surface area (Å²) in [5.74, 6) is -0.124. The number of hydrogen-bond donors (Lipinski definition) is 2. The summed E-state index contributed by atoms with van der Waals surface area (Å²) >= 11 is 0. The Balaban J connectivity index is 1.90. The fourth-order valence-corrected chi connectivity index (χ4v) is 2.85. The summed E-state index contributed by atoms with van der Waals surface area (Å²) in [6.07, 6.45) is 1.51. The molecule has 0 unspecified atom stereocenters. The number of amides is 1. The van der Waals surface area contributed by atoms with Gasteiger partial charge in [0.1, 0.15) is 0 Å². The Morgan fingerprint density at radius 2 is 2.00 bits per heavy atom. The Morgan fingerprint density at radius 3 is 2.63 bits per heavy atom. The van der Waals surface area contributed by atoms with Crippen molar-refractivity contribution in [2.24, 2.45) is 0 Å². The van der Waals surface area contributed by atoms with E-state index in [0.29, 0.717) is 39.8 Å². The molecule has 3 rings (SSSR count). The quantitative estimate of drug-likeness (QED) is 0.726. The zero-order valence-electron chi connectivity index (χ0n) is 15.5. The van der Waals surface area contributed by atoms with Gasteiger partial charge in [-0.05, 0) is 44.4 Å². The van der Waals surface area contributed by atoms with Gasteiger partial charge < -0.3 is 19.9 Å². The highest BCUT2D eigenvalue weighted by Crippen LogP contribution is 2.35. The van der Waals surface area contributed by atoms with Gasteiger partial charge in [-0.3, -0.25) is 9.78 Å². The average Bonchev–Trinajstić information content (AvgIpc) is 3.00. The fourth-order valence-electron chi connectivity index (χ4n) is 2.85. The molecule has 0 radical (unpaired) electrons. The van der Waals surface area contributed by atoms with Crippen LogP contribution in [0.5, 0.6) is 5.88 Å². The molecule has 0 aliphatic heterocycles. The second-order valence-corrected chi connectivity index (χ2v) is 6.68. The Bertz CT molecular complexity index is 1020. The number of pyridine rings is 1. The third-order valence-corrected chi connectivity index (χ3v) is 4.40. The van der Waals surface area contributed by atoms with Gasteiger partial charge in [0.15, 0.2) is 5.88 Å². The van der Waals surface area contributed by atoms with E-state index in [0.717, 1.165) is 6.54 Å². The van der Waals surface area contributed by atoms with Crippen LogP contribution in [0.25, 0.3) is 22.2 Å². The summed E-state index contributed by atoms with van der Waals surface area (Å²) in [6.45, 7) is 1.39. The predicted octanol–water partition coefficient (Wildman–Crippen LogP) is 2.44. The van der Waals surface area contributed by atoms with E-state index in [1.54, 1.807) is 42.3 Å². The second-order valence-electron chi connectivity index (χ2n) is 6.68. The van der Waals surface area contributed by atoms with Gasteiger partial charge in [0, 0.05) is 37.2 Å². The van der Waals surface area contributed by atoms with E-state index in [4.69, 9.17) is 5.26 Å². The molecule has 7 nitrogen and oxygen atoms in total. The molecule has 0 saturated carbocycles. The van der Waals surface area contributed by atoms with Crippen LogP contribution < -0.4 is 0 Å². The molecular formula is C20H21N5O2. The number of nitriles is 1. The minimum Gasteiger partial charge on any atom is -0.494 e. The molecular weight excluding hydrogens is 342 g/mol. The second kappa shape index (κ2) is 7.48. The van der Waals surface area contributed by atoms with Crippen LogP contribution in [0.2, 0.25) is 0 Å². The molecule has 0 spiro atoms. The van der Waals surface area contributed by atoms with Gasteiger partial charge in [0.25, 0.3) is 5.91 Å². The Labute approximate surface area is 157 Å². The van der Waals surface area contributed by atoms with Crippen LogP contribution in [0.1, 0.15) is 15.9 Å². The number of nitrogens with zero attached hydrogens (tertiary/aromatic N) is 4. The van der Waals surface area contributed by atoms with Crippen molar-refractivity contribution < 1.29 is 9.90 Å². The number of carbonyl (C=O) groups excluding carboxylic acids is 1. The summed E-state index contributed by atoms with van der Waals surface area (Å²) in [7, 11) is 5.68. The first kappa shape index (κ1) is 18.4. The van der Waals surface area contributed by atoms with Gasteiger partial charge in [-0.25, -0.2) is 0 Å². The number of aromatic nitrogens is 2. The van der Waals surface area contributed by atoms with Crippen LogP contribution in [-0.4, -0.2) is 65.0 Å². The fraction of sp³-hybridized carbons (Fsp3) is 0.250. The maximum Gasteiger partial charge on any atom is 0.255 e. The van der Waals surface area contributed by atoms with E-state index in [1.165, 1.54) is 6.20 Å². The van der Waals surface area contributed by atoms with Gasteiger partial charge in [-0.1, -0.05) is 0 Å². The normalized spacial score (nSPS) is 10.9. The van der Waals surface area contributed by atoms with Crippen molar-refractivity contribution in [3.05, 3.63) is 47.7 Å². The summed E-state index contributed by atoms with van der Waals surface area (Å²) in [5.41, 5.74) is 2.74. The highest BCUT2D eigenvalue weighted by molar-refractivity contribution is 5.99. The van der Waals surface area contributed by atoms with Crippen molar-refractivity contribution in [3.63, 3.8) is 0 Å². The van der Waals surface area contributed by atoms with Crippen molar-refractivity contribution in [3.8, 4) is 23.2 Å². The topological polar surface area (TPSA) is 96.2 Å². The molecule has 0 aliphatic rings. The monoisotopic (exact) mass is 363 g/mol. The summed E-state index contributed by atoms with van der Waals surface area (Å²) in [5, 5.41) is 20.1. The van der Waals surface area contributed by atoms with Crippen molar-refractivity contribution in [1.82, 2.24) is 19.8 Å². The summed E-state index contributed by atoms with van der Waals surface area (Å²) in [6, 6.07) is 10.6. The third kappa shape index (κ3) is 3.76. The predicted molar refractivity (Wildman–Crippen MR) is 103 cm³/mol. The SMILES string of the molecule is CN(C)CCN(C)C(=O)c1ccc(-c2c(O)[nH]c3ccc(C#N)cc23)nc1. The van der Waals surface area contributed by atoms with Crippen LogP contribution in [0.3, 0.4) is 0 Å². The van der Waals surface area contributed by atoms with Gasteiger partial charge in [0.05, 0.1) is 28.5 Å². The largest absolute Gasteiger partial charge is 0.494 e. The molecule has 3 aromatic rings. The lowest BCUT2D eigenvalue weighted by Crippen LogP contribution is -2.33. The number of H-pyrrole nitrogens is 1. The number of aromatic hydroxyl groups is 1. The highest BCUT2D eigenvalue weighted by atomic mass is 16.3. The number of nitrogens with one attached hydrogen (secondary N) is 1. The molecule has 27 heavy (non-hydrogen) atoms. The summed E-state index contributed by atoms with van der Waals surface area (Å²) < 4.78 is 0. The molecule has 2 aromatic heterocycles. The first-order valence-corrected chi connectivity index (χ1v) is 8.52. The molecule has 2 heterocycles. The molecule has 0 fully saturated rings. The van der Waals surface area contributed by atoms with Crippen LogP contribution in [0, 0.1) is 11.3 Å². The molecule has 0 aliphatic carbocycles. The number of rotatable bonds is 5. The Kier molecular flexibility index (Phi) is 5.10. The number of hydrogen-bond acceptors (Lipinski definition) is 5. The molecule has 0 saturated heterocycles. The number of carbonyl (C=O) groups is 1. The van der Waals surface area contributed by atoms with Crippen molar-refractivity contribution >= 4 is 16.8 Å². The van der Waals surface area contributed by atoms with Crippen LogP contribution >= 0.6 is 0 Å². The first-order valence-electron chi connectivity index (χ1n) is 8.52. The number of aromatic amines is 1. The minimum atomic E-state index is -0.106. The van der Waals surface area contributed by atoms with Crippen LogP contribution in [-0.2, 0) is 0 Å². The van der Waals surface area contributed by atoms with E-state index in [9.17, 15) is 9.90 Å². The van der Waals surface area contributed by atoms with E-state index in [1.807, 2.05) is 19.0 Å². The average molecular weight is 363 g/mol. The number of fused-ring (bicyclic) bond motifs is 1. The molecule has 0 bridgehead atoms. The number of likely N-dealkylation sites (N-methyl/N-ethyl adjacent to an activating group) is 2. The van der Waals surface area contributed by atoms with Gasteiger partial charge in [-0.2, -0.15) is 5.26 Å². The Hall–Kier alpha value is -3.37. The lowest BCUT2D eigenvalue weighted by atomic mass is 10.1. The lowest BCUT2D eigenvalue weighted by Gasteiger charge is -2.19. The van der Waals surface area contributed by atoms with E-state index >= 15 is 0 Å². The molecule has 2 N–H and O–H groups in total. The lowest BCUT2D eigenvalue weighted by molar-refractivity contribution is 0.0786. The van der Waals surface area contributed by atoms with E-state index in [-0.39, 0.29) is 11.8 Å². The standard InChI is InChI=1S/C20H21N5O2/c1-24(2)8-9-25(3)20(27)14-5-7-17(22-12-14)18-15-10-13(11-21)4-6-16(15)23-19(18)26/h4-7,10,12,23,26H,8-9H2,1-3H3. The molecule has 138 valence electrons. The molecule has 1 aromatic carbocycles. The smallest absolute Gasteiger partial charge is 0.255 e. The first-order chi connectivity index (χ1) is 12.9. The minimum absolute atomic E-state index is 0.0187. The molecule has 7 heteroatoms. The van der Waals surface area contributed by atoms with Crippen molar-refractivity contribution in [2.75, 3.05) is 34.2 Å².